The van der Waals surface area contributed by atoms with Gasteiger partial charge >= 0.3 is 0 Å². The normalized spacial score (nSPS) is 27.0. The van der Waals surface area contributed by atoms with Crippen LogP contribution >= 0.6 is 0 Å². The number of hydrogen-bond donors (Lipinski definition) is 4. The smallest absolute Gasteiger partial charge is 0.137 e. The summed E-state index contributed by atoms with van der Waals surface area (Å²) in [5.74, 6) is 1.73. The lowest BCUT2D eigenvalue weighted by molar-refractivity contribution is -0.231. The first-order chi connectivity index (χ1) is 17.8. The van der Waals surface area contributed by atoms with Crippen molar-refractivity contribution < 1.29 is 34.6 Å². The molecule has 0 amide bonds. The summed E-state index contributed by atoms with van der Waals surface area (Å²) in [5.41, 5.74) is 6.32. The van der Waals surface area contributed by atoms with E-state index >= 15 is 0 Å². The van der Waals surface area contributed by atoms with Crippen molar-refractivity contribution in [2.45, 2.75) is 63.3 Å². The lowest BCUT2D eigenvalue weighted by Gasteiger charge is -2.40. The molecule has 7 heteroatoms. The van der Waals surface area contributed by atoms with Gasteiger partial charge in [-0.3, -0.25) is 0 Å². The van der Waals surface area contributed by atoms with E-state index in [0.29, 0.717) is 18.6 Å². The number of fused-ring (bicyclic) bond motifs is 1. The SMILES string of the molecule is Cc1ccc2c(c1)OC(COc1ccc(Cc3cc([C@@H]4O[C@H](CO)[C@@H](O)[C@H](O)[C@H]4O)ccc3C)cc1)C2. The van der Waals surface area contributed by atoms with Gasteiger partial charge in [-0.1, -0.05) is 42.5 Å². The second kappa shape index (κ2) is 10.8. The van der Waals surface area contributed by atoms with Gasteiger partial charge in [0.15, 0.2) is 0 Å². The van der Waals surface area contributed by atoms with E-state index < -0.39 is 37.1 Å². The molecule has 0 spiro atoms. The van der Waals surface area contributed by atoms with Gasteiger partial charge in [-0.25, -0.2) is 0 Å². The fraction of sp³-hybridized carbons (Fsp3) is 0.400. The van der Waals surface area contributed by atoms with Gasteiger partial charge in [-0.2, -0.15) is 0 Å². The summed E-state index contributed by atoms with van der Waals surface area (Å²) >= 11 is 0. The van der Waals surface area contributed by atoms with Crippen LogP contribution in [0, 0.1) is 13.8 Å². The van der Waals surface area contributed by atoms with E-state index in [9.17, 15) is 20.4 Å². The van der Waals surface area contributed by atoms with Crippen molar-refractivity contribution in [3.05, 3.63) is 94.0 Å². The van der Waals surface area contributed by atoms with Gasteiger partial charge in [0.1, 0.15) is 54.7 Å². The van der Waals surface area contributed by atoms with Crippen molar-refractivity contribution in [1.82, 2.24) is 0 Å². The fourth-order valence-electron chi connectivity index (χ4n) is 5.05. The average molecular weight is 507 g/mol. The minimum Gasteiger partial charge on any atom is -0.490 e. The van der Waals surface area contributed by atoms with Crippen molar-refractivity contribution in [2.24, 2.45) is 0 Å². The van der Waals surface area contributed by atoms with Crippen molar-refractivity contribution in [3.8, 4) is 11.5 Å². The third kappa shape index (κ3) is 5.51. The molecule has 6 atom stereocenters. The van der Waals surface area contributed by atoms with Crippen LogP contribution in [0.15, 0.2) is 60.7 Å². The van der Waals surface area contributed by atoms with Crippen LogP contribution in [-0.4, -0.2) is 64.2 Å². The largest absolute Gasteiger partial charge is 0.490 e. The van der Waals surface area contributed by atoms with Gasteiger partial charge in [-0.05, 0) is 71.8 Å². The summed E-state index contributed by atoms with van der Waals surface area (Å²) in [4.78, 5) is 0. The van der Waals surface area contributed by atoms with Gasteiger partial charge < -0.3 is 34.6 Å². The molecule has 0 aliphatic carbocycles. The number of aliphatic hydroxyl groups is 4. The number of aliphatic hydroxyl groups excluding tert-OH is 4. The van der Waals surface area contributed by atoms with E-state index in [4.69, 9.17) is 14.2 Å². The van der Waals surface area contributed by atoms with Gasteiger partial charge in [-0.15, -0.1) is 0 Å². The van der Waals surface area contributed by atoms with Crippen LogP contribution < -0.4 is 9.47 Å². The number of benzene rings is 3. The minimum absolute atomic E-state index is 0.00397. The third-order valence-electron chi connectivity index (χ3n) is 7.31. The second-order valence-corrected chi connectivity index (χ2v) is 10.1. The summed E-state index contributed by atoms with van der Waals surface area (Å²) < 4.78 is 17.8. The first-order valence-electron chi connectivity index (χ1n) is 12.7. The molecule has 37 heavy (non-hydrogen) atoms. The maximum absolute atomic E-state index is 10.5. The maximum atomic E-state index is 10.5. The van der Waals surface area contributed by atoms with E-state index in [1.54, 1.807) is 0 Å². The number of aryl methyl sites for hydroxylation is 2. The zero-order valence-corrected chi connectivity index (χ0v) is 21.1. The Balaban J connectivity index is 1.22. The predicted octanol–water partition coefficient (Wildman–Crippen LogP) is 2.79. The standard InChI is InChI=1S/C30H34O7/c1-17-3-7-20-14-24(36-25(20)11-17)16-35-23-9-5-19(6-10-23)12-22-13-21(8-4-18(22)2)30-29(34)28(33)27(32)26(15-31)37-30/h3-11,13,24,26-34H,12,14-16H2,1-2H3/t24?,26-,27-,28+,29-,30+/m1/s1. The van der Waals surface area contributed by atoms with Crippen molar-refractivity contribution in [2.75, 3.05) is 13.2 Å². The zero-order chi connectivity index (χ0) is 26.1. The summed E-state index contributed by atoms with van der Waals surface area (Å²) in [6.45, 7) is 4.11. The molecule has 1 saturated heterocycles. The average Bonchev–Trinajstić information content (AvgIpc) is 3.30. The lowest BCUT2D eigenvalue weighted by Crippen LogP contribution is -2.55. The Morgan fingerprint density at radius 3 is 2.43 bits per heavy atom. The Hall–Kier alpha value is -2.94. The van der Waals surface area contributed by atoms with Crippen LogP contribution in [0.2, 0.25) is 0 Å². The molecule has 2 heterocycles. The molecule has 1 unspecified atom stereocenters. The first kappa shape index (κ1) is 25.7. The van der Waals surface area contributed by atoms with Crippen LogP contribution in [0.1, 0.15) is 39.5 Å². The minimum atomic E-state index is -1.40. The van der Waals surface area contributed by atoms with Crippen LogP contribution in [-0.2, 0) is 17.6 Å². The number of hydrogen-bond acceptors (Lipinski definition) is 7. The van der Waals surface area contributed by atoms with Gasteiger partial charge in [0.25, 0.3) is 0 Å². The Kier molecular flexibility index (Phi) is 7.51. The van der Waals surface area contributed by atoms with Gasteiger partial charge in [0.05, 0.1) is 6.61 Å². The molecule has 4 N–H and O–H groups in total. The first-order valence-corrected chi connectivity index (χ1v) is 12.7. The Morgan fingerprint density at radius 2 is 1.68 bits per heavy atom. The topological polar surface area (TPSA) is 109 Å². The fourth-order valence-corrected chi connectivity index (χ4v) is 5.05. The highest BCUT2D eigenvalue weighted by Gasteiger charge is 2.44. The third-order valence-corrected chi connectivity index (χ3v) is 7.31. The zero-order valence-electron chi connectivity index (χ0n) is 21.1. The lowest BCUT2D eigenvalue weighted by atomic mass is 9.89. The molecule has 0 aromatic heterocycles. The molecule has 3 aromatic rings. The van der Waals surface area contributed by atoms with E-state index in [0.717, 1.165) is 34.6 Å². The molecule has 2 aliphatic heterocycles. The molecule has 0 bridgehead atoms. The highest BCUT2D eigenvalue weighted by Crippen LogP contribution is 2.34. The summed E-state index contributed by atoms with van der Waals surface area (Å²) in [6, 6.07) is 20.0. The molecule has 196 valence electrons. The quantitative estimate of drug-likeness (QED) is 0.390. The highest BCUT2D eigenvalue weighted by molar-refractivity contribution is 5.41. The maximum Gasteiger partial charge on any atom is 0.137 e. The van der Waals surface area contributed by atoms with E-state index in [1.165, 1.54) is 11.1 Å². The van der Waals surface area contributed by atoms with Crippen LogP contribution in [0.3, 0.4) is 0 Å². The molecule has 2 aliphatic rings. The Bertz CT molecular complexity index is 1220. The molecular formula is C30H34O7. The molecule has 1 fully saturated rings. The van der Waals surface area contributed by atoms with Gasteiger partial charge in [0.2, 0.25) is 0 Å². The van der Waals surface area contributed by atoms with E-state index in [2.05, 4.69) is 25.1 Å². The Morgan fingerprint density at radius 1 is 0.892 bits per heavy atom. The number of ether oxygens (including phenoxy) is 3. The van der Waals surface area contributed by atoms with Crippen LogP contribution in [0.25, 0.3) is 0 Å². The van der Waals surface area contributed by atoms with Crippen molar-refractivity contribution >= 4 is 0 Å². The van der Waals surface area contributed by atoms with E-state index in [-0.39, 0.29) is 6.10 Å². The summed E-state index contributed by atoms with van der Waals surface area (Å²) in [6.07, 6.45) is -4.35. The molecular weight excluding hydrogens is 472 g/mol. The second-order valence-electron chi connectivity index (χ2n) is 10.1. The monoisotopic (exact) mass is 506 g/mol. The molecule has 7 nitrogen and oxygen atoms in total. The van der Waals surface area contributed by atoms with Crippen LogP contribution in [0.4, 0.5) is 0 Å². The van der Waals surface area contributed by atoms with Crippen molar-refractivity contribution in [3.63, 3.8) is 0 Å². The predicted molar refractivity (Wildman–Crippen MR) is 138 cm³/mol. The molecule has 0 saturated carbocycles. The summed E-state index contributed by atoms with van der Waals surface area (Å²) in [5, 5.41) is 40.3. The van der Waals surface area contributed by atoms with Crippen molar-refractivity contribution in [1.29, 1.82) is 0 Å². The molecule has 3 aromatic carbocycles. The van der Waals surface area contributed by atoms with E-state index in [1.807, 2.05) is 49.4 Å². The Labute approximate surface area is 216 Å². The molecule has 5 rings (SSSR count). The summed E-state index contributed by atoms with van der Waals surface area (Å²) in [7, 11) is 0. The highest BCUT2D eigenvalue weighted by atomic mass is 16.5. The number of rotatable bonds is 7. The molecule has 0 radical (unpaired) electrons. The van der Waals surface area contributed by atoms with Crippen LogP contribution in [0.5, 0.6) is 11.5 Å². The van der Waals surface area contributed by atoms with Gasteiger partial charge in [0, 0.05) is 6.42 Å².